The summed E-state index contributed by atoms with van der Waals surface area (Å²) in [5.41, 5.74) is 2.38. The Morgan fingerprint density at radius 1 is 1.19 bits per heavy atom. The van der Waals surface area contributed by atoms with Gasteiger partial charge in [0, 0.05) is 11.4 Å². The van der Waals surface area contributed by atoms with Crippen molar-refractivity contribution in [1.29, 1.82) is 0 Å². The SMILES string of the molecule is COC(=O)c1c(NC(=O)NCc2ccc(C(=O)O)cc2)sc2c1CCC2. The number of fused-ring (bicyclic) bond motifs is 1. The molecule has 0 aliphatic heterocycles. The molecule has 0 fully saturated rings. The van der Waals surface area contributed by atoms with Crippen LogP contribution in [0.1, 0.15) is 43.1 Å². The fraction of sp³-hybridized carbons (Fsp3) is 0.278. The molecule has 0 unspecified atom stereocenters. The van der Waals surface area contributed by atoms with E-state index in [1.807, 2.05) is 0 Å². The summed E-state index contributed by atoms with van der Waals surface area (Å²) in [7, 11) is 1.33. The number of rotatable bonds is 5. The highest BCUT2D eigenvalue weighted by atomic mass is 32.1. The molecule has 3 N–H and O–H groups in total. The molecular formula is C18H18N2O5S. The first-order valence-corrected chi connectivity index (χ1v) is 8.91. The summed E-state index contributed by atoms with van der Waals surface area (Å²) in [5.74, 6) is -1.44. The smallest absolute Gasteiger partial charge is 0.341 e. The number of nitrogens with one attached hydrogen (secondary N) is 2. The molecule has 0 atom stereocenters. The highest BCUT2D eigenvalue weighted by molar-refractivity contribution is 7.17. The monoisotopic (exact) mass is 374 g/mol. The lowest BCUT2D eigenvalue weighted by atomic mass is 10.1. The van der Waals surface area contributed by atoms with Crippen LogP contribution in [0.25, 0.3) is 0 Å². The summed E-state index contributed by atoms with van der Waals surface area (Å²) in [5, 5.41) is 14.8. The van der Waals surface area contributed by atoms with E-state index in [-0.39, 0.29) is 12.1 Å². The van der Waals surface area contributed by atoms with E-state index in [1.165, 1.54) is 30.6 Å². The van der Waals surface area contributed by atoms with Gasteiger partial charge in [0.2, 0.25) is 0 Å². The molecule has 2 amide bonds. The Kier molecular flexibility index (Phi) is 5.22. The molecular weight excluding hydrogens is 356 g/mol. The maximum absolute atomic E-state index is 12.2. The topological polar surface area (TPSA) is 105 Å². The summed E-state index contributed by atoms with van der Waals surface area (Å²) in [6, 6.07) is 5.82. The van der Waals surface area contributed by atoms with Crippen molar-refractivity contribution in [3.63, 3.8) is 0 Å². The number of urea groups is 1. The zero-order chi connectivity index (χ0) is 18.7. The van der Waals surface area contributed by atoms with E-state index >= 15 is 0 Å². The Labute approximate surface area is 154 Å². The Morgan fingerprint density at radius 3 is 2.58 bits per heavy atom. The quantitative estimate of drug-likeness (QED) is 0.698. The fourth-order valence-corrected chi connectivity index (χ4v) is 4.18. The van der Waals surface area contributed by atoms with Gasteiger partial charge in [-0.05, 0) is 42.5 Å². The van der Waals surface area contributed by atoms with Gasteiger partial charge in [0.15, 0.2) is 0 Å². The van der Waals surface area contributed by atoms with Gasteiger partial charge in [-0.15, -0.1) is 11.3 Å². The van der Waals surface area contributed by atoms with Crippen molar-refractivity contribution < 1.29 is 24.2 Å². The maximum Gasteiger partial charge on any atom is 0.341 e. The number of amides is 2. The highest BCUT2D eigenvalue weighted by Gasteiger charge is 2.27. The summed E-state index contributed by atoms with van der Waals surface area (Å²) in [4.78, 5) is 36.2. The number of aromatic carboxylic acids is 1. The lowest BCUT2D eigenvalue weighted by Gasteiger charge is -2.09. The molecule has 8 heteroatoms. The standard InChI is InChI=1S/C18H18N2O5S/c1-25-17(23)14-12-3-2-4-13(12)26-15(14)20-18(24)19-9-10-5-7-11(8-6-10)16(21)22/h5-8H,2-4,9H2,1H3,(H,21,22)(H2,19,20,24). The minimum atomic E-state index is -0.997. The summed E-state index contributed by atoms with van der Waals surface area (Å²) in [6.07, 6.45) is 2.72. The number of methoxy groups -OCH3 is 1. The molecule has 1 aliphatic rings. The van der Waals surface area contributed by atoms with Crippen molar-refractivity contribution in [3.05, 3.63) is 51.4 Å². The van der Waals surface area contributed by atoms with E-state index in [9.17, 15) is 14.4 Å². The first-order chi connectivity index (χ1) is 12.5. The molecule has 2 aromatic rings. The number of ether oxygens (including phenoxy) is 1. The second-order valence-electron chi connectivity index (χ2n) is 5.86. The maximum atomic E-state index is 12.2. The van der Waals surface area contributed by atoms with Gasteiger partial charge in [-0.25, -0.2) is 14.4 Å². The molecule has 1 heterocycles. The van der Waals surface area contributed by atoms with Crippen LogP contribution in [0.4, 0.5) is 9.80 Å². The van der Waals surface area contributed by atoms with Crippen molar-refractivity contribution in [2.24, 2.45) is 0 Å². The van der Waals surface area contributed by atoms with Gasteiger partial charge in [-0.1, -0.05) is 12.1 Å². The summed E-state index contributed by atoms with van der Waals surface area (Å²) >= 11 is 1.41. The fourth-order valence-electron chi connectivity index (χ4n) is 2.91. The highest BCUT2D eigenvalue weighted by Crippen LogP contribution is 2.39. The summed E-state index contributed by atoms with van der Waals surface area (Å²) < 4.78 is 4.85. The zero-order valence-corrected chi connectivity index (χ0v) is 14.9. The molecule has 7 nitrogen and oxygen atoms in total. The van der Waals surface area contributed by atoms with Crippen LogP contribution in [0, 0.1) is 0 Å². The first kappa shape index (κ1) is 17.9. The minimum absolute atomic E-state index is 0.189. The molecule has 26 heavy (non-hydrogen) atoms. The van der Waals surface area contributed by atoms with Gasteiger partial charge in [0.25, 0.3) is 0 Å². The third-order valence-corrected chi connectivity index (χ3v) is 5.40. The number of benzene rings is 1. The van der Waals surface area contributed by atoms with Crippen LogP contribution in [0.5, 0.6) is 0 Å². The Morgan fingerprint density at radius 2 is 1.92 bits per heavy atom. The van der Waals surface area contributed by atoms with Gasteiger partial charge in [0.05, 0.1) is 18.2 Å². The van der Waals surface area contributed by atoms with E-state index in [2.05, 4.69) is 10.6 Å². The van der Waals surface area contributed by atoms with Gasteiger partial charge in [-0.2, -0.15) is 0 Å². The summed E-state index contributed by atoms with van der Waals surface area (Å²) in [6.45, 7) is 0.240. The van der Waals surface area contributed by atoms with E-state index in [0.717, 1.165) is 35.3 Å². The Bertz CT molecular complexity index is 857. The van der Waals surface area contributed by atoms with Crippen LogP contribution >= 0.6 is 11.3 Å². The van der Waals surface area contributed by atoms with Crippen LogP contribution in [0.3, 0.4) is 0 Å². The van der Waals surface area contributed by atoms with Crippen LogP contribution in [-0.2, 0) is 24.1 Å². The molecule has 0 bridgehead atoms. The Hall–Kier alpha value is -2.87. The minimum Gasteiger partial charge on any atom is -0.478 e. The van der Waals surface area contributed by atoms with Gasteiger partial charge in [-0.3, -0.25) is 5.32 Å². The third-order valence-electron chi connectivity index (χ3n) is 4.19. The number of thiophene rings is 1. The largest absolute Gasteiger partial charge is 0.478 e. The van der Waals surface area contributed by atoms with Crippen molar-refractivity contribution >= 4 is 34.3 Å². The molecule has 0 spiro atoms. The van der Waals surface area contributed by atoms with E-state index in [1.54, 1.807) is 12.1 Å². The molecule has 1 aliphatic carbocycles. The molecule has 0 radical (unpaired) electrons. The predicted molar refractivity (Wildman–Crippen MR) is 96.9 cm³/mol. The van der Waals surface area contributed by atoms with E-state index in [4.69, 9.17) is 9.84 Å². The molecule has 3 rings (SSSR count). The van der Waals surface area contributed by atoms with Crippen LogP contribution in [0.2, 0.25) is 0 Å². The average Bonchev–Trinajstić information content (AvgIpc) is 3.20. The first-order valence-electron chi connectivity index (χ1n) is 8.09. The Balaban J connectivity index is 1.65. The van der Waals surface area contributed by atoms with Crippen molar-refractivity contribution in [2.45, 2.75) is 25.8 Å². The van der Waals surface area contributed by atoms with Crippen LogP contribution in [0.15, 0.2) is 24.3 Å². The van der Waals surface area contributed by atoms with Crippen LogP contribution in [-0.4, -0.2) is 30.2 Å². The van der Waals surface area contributed by atoms with Gasteiger partial charge in [0.1, 0.15) is 5.00 Å². The normalized spacial score (nSPS) is 12.3. The van der Waals surface area contributed by atoms with Crippen LogP contribution < -0.4 is 10.6 Å². The lowest BCUT2D eigenvalue weighted by molar-refractivity contribution is 0.0600. The number of carbonyl (C=O) groups is 3. The van der Waals surface area contributed by atoms with Gasteiger partial charge < -0.3 is 15.2 Å². The molecule has 0 saturated heterocycles. The van der Waals surface area contributed by atoms with Crippen molar-refractivity contribution in [2.75, 3.05) is 12.4 Å². The number of esters is 1. The number of hydrogen-bond donors (Lipinski definition) is 3. The van der Waals surface area contributed by atoms with Crippen molar-refractivity contribution in [1.82, 2.24) is 5.32 Å². The number of carboxylic acids is 1. The lowest BCUT2D eigenvalue weighted by Crippen LogP contribution is -2.28. The predicted octanol–water partition coefficient (Wildman–Crippen LogP) is 3.04. The van der Waals surface area contributed by atoms with E-state index < -0.39 is 18.0 Å². The number of hydrogen-bond acceptors (Lipinski definition) is 5. The van der Waals surface area contributed by atoms with Gasteiger partial charge >= 0.3 is 18.0 Å². The molecule has 1 aromatic heterocycles. The van der Waals surface area contributed by atoms with Crippen molar-refractivity contribution in [3.8, 4) is 0 Å². The molecule has 0 saturated carbocycles. The number of carboxylic acid groups (broad SMARTS) is 1. The molecule has 136 valence electrons. The third kappa shape index (κ3) is 3.70. The zero-order valence-electron chi connectivity index (χ0n) is 14.1. The second-order valence-corrected chi connectivity index (χ2v) is 6.97. The number of anilines is 1. The second kappa shape index (κ2) is 7.57. The average molecular weight is 374 g/mol. The number of carbonyl (C=O) groups excluding carboxylic acids is 2. The number of aryl methyl sites for hydroxylation is 1. The van der Waals surface area contributed by atoms with E-state index in [0.29, 0.717) is 10.6 Å². The molecule has 1 aromatic carbocycles.